The smallest absolute Gasteiger partial charge is 0.237 e. The minimum absolute atomic E-state index is 0.240. The summed E-state index contributed by atoms with van der Waals surface area (Å²) < 4.78 is 0. The zero-order chi connectivity index (χ0) is 15.0. The van der Waals surface area contributed by atoms with Crippen LogP contribution in [0.4, 0.5) is 0 Å². The molecule has 1 atom stereocenters. The fraction of sp³-hybridized carbons (Fsp3) is 0.933. The van der Waals surface area contributed by atoms with Crippen molar-refractivity contribution in [2.24, 2.45) is 5.73 Å². The Hall–Kier alpha value is -0.650. The first-order valence-electron chi connectivity index (χ1n) is 8.01. The molecule has 0 bridgehead atoms. The van der Waals surface area contributed by atoms with Gasteiger partial charge in [-0.3, -0.25) is 4.79 Å². The van der Waals surface area contributed by atoms with E-state index in [-0.39, 0.29) is 5.91 Å². The molecular formula is C15H32N4O. The molecule has 0 spiro atoms. The van der Waals surface area contributed by atoms with Gasteiger partial charge in [-0.05, 0) is 45.8 Å². The summed E-state index contributed by atoms with van der Waals surface area (Å²) in [4.78, 5) is 16.5. The number of likely N-dealkylation sites (N-methyl/N-ethyl adjacent to an activating group) is 2. The molecule has 1 aliphatic heterocycles. The molecule has 1 heterocycles. The molecule has 0 saturated carbocycles. The van der Waals surface area contributed by atoms with E-state index in [0.717, 1.165) is 38.9 Å². The van der Waals surface area contributed by atoms with Gasteiger partial charge >= 0.3 is 0 Å². The lowest BCUT2D eigenvalue weighted by atomic mass is 9.94. The fourth-order valence-electron chi connectivity index (χ4n) is 2.83. The van der Waals surface area contributed by atoms with Gasteiger partial charge in [-0.1, -0.05) is 13.8 Å². The lowest BCUT2D eigenvalue weighted by Crippen LogP contribution is -2.53. The van der Waals surface area contributed by atoms with Gasteiger partial charge in [-0.25, -0.2) is 0 Å². The monoisotopic (exact) mass is 284 g/mol. The summed E-state index contributed by atoms with van der Waals surface area (Å²) in [6, 6.07) is 0. The zero-order valence-electron chi connectivity index (χ0n) is 13.5. The van der Waals surface area contributed by atoms with Gasteiger partial charge in [0.25, 0.3) is 0 Å². The molecule has 0 aliphatic carbocycles. The number of nitrogens with zero attached hydrogens (tertiary/aromatic N) is 2. The van der Waals surface area contributed by atoms with E-state index in [1.165, 1.54) is 26.2 Å². The average molecular weight is 284 g/mol. The standard InChI is InChI=1S/C15H32N4O/c1-4-17-15(3,14(16)20)8-6-7-9-19-12-10-18(5-2)11-13-19/h17H,4-13H2,1-3H3,(H2,16,20). The van der Waals surface area contributed by atoms with Crippen LogP contribution in [0.2, 0.25) is 0 Å². The predicted molar refractivity (Wildman–Crippen MR) is 83.7 cm³/mol. The lowest BCUT2D eigenvalue weighted by Gasteiger charge is -2.34. The molecule has 20 heavy (non-hydrogen) atoms. The van der Waals surface area contributed by atoms with Crippen LogP contribution in [-0.2, 0) is 4.79 Å². The van der Waals surface area contributed by atoms with Crippen LogP contribution in [0.15, 0.2) is 0 Å². The molecule has 0 aromatic heterocycles. The number of primary amides is 1. The number of amides is 1. The molecule has 5 heteroatoms. The highest BCUT2D eigenvalue weighted by Gasteiger charge is 2.29. The van der Waals surface area contributed by atoms with E-state index in [2.05, 4.69) is 22.0 Å². The Kier molecular flexibility index (Phi) is 7.48. The van der Waals surface area contributed by atoms with Crippen LogP contribution in [0.25, 0.3) is 0 Å². The van der Waals surface area contributed by atoms with Crippen molar-refractivity contribution in [3.8, 4) is 0 Å². The second-order valence-corrected chi connectivity index (χ2v) is 5.96. The zero-order valence-corrected chi connectivity index (χ0v) is 13.5. The van der Waals surface area contributed by atoms with Gasteiger partial charge in [0, 0.05) is 26.2 Å². The molecule has 118 valence electrons. The Morgan fingerprint density at radius 2 is 1.75 bits per heavy atom. The topological polar surface area (TPSA) is 61.6 Å². The molecule has 0 radical (unpaired) electrons. The van der Waals surface area contributed by atoms with Gasteiger partial charge in [0.05, 0.1) is 5.54 Å². The minimum atomic E-state index is -0.546. The third-order valence-corrected chi connectivity index (χ3v) is 4.42. The quantitative estimate of drug-likeness (QED) is 0.610. The third-order valence-electron chi connectivity index (χ3n) is 4.42. The summed E-state index contributed by atoms with van der Waals surface area (Å²) in [6.45, 7) is 13.9. The summed E-state index contributed by atoms with van der Waals surface area (Å²) in [5, 5.41) is 3.22. The molecule has 1 saturated heterocycles. The van der Waals surface area contributed by atoms with Crippen molar-refractivity contribution in [1.29, 1.82) is 0 Å². The third kappa shape index (κ3) is 5.38. The van der Waals surface area contributed by atoms with Crippen molar-refractivity contribution in [2.75, 3.05) is 45.8 Å². The summed E-state index contributed by atoms with van der Waals surface area (Å²) in [5.74, 6) is -0.240. The van der Waals surface area contributed by atoms with Crippen LogP contribution in [0.5, 0.6) is 0 Å². The van der Waals surface area contributed by atoms with Gasteiger partial charge in [-0.2, -0.15) is 0 Å². The number of nitrogens with two attached hydrogens (primary N) is 1. The van der Waals surface area contributed by atoms with Crippen molar-refractivity contribution in [3.05, 3.63) is 0 Å². The maximum absolute atomic E-state index is 11.5. The maximum atomic E-state index is 11.5. The summed E-state index contributed by atoms with van der Waals surface area (Å²) in [5.41, 5.74) is 4.95. The van der Waals surface area contributed by atoms with Gasteiger partial charge < -0.3 is 20.9 Å². The first kappa shape index (κ1) is 17.4. The summed E-state index contributed by atoms with van der Waals surface area (Å²) in [6.07, 6.45) is 3.01. The van der Waals surface area contributed by atoms with E-state index in [4.69, 9.17) is 5.73 Å². The van der Waals surface area contributed by atoms with Crippen LogP contribution < -0.4 is 11.1 Å². The van der Waals surface area contributed by atoms with Crippen LogP contribution in [0.1, 0.15) is 40.0 Å². The number of piperazine rings is 1. The molecule has 1 fully saturated rings. The highest BCUT2D eigenvalue weighted by Crippen LogP contribution is 2.14. The van der Waals surface area contributed by atoms with Crippen molar-refractivity contribution in [3.63, 3.8) is 0 Å². The number of carbonyl (C=O) groups is 1. The Balaban J connectivity index is 2.19. The molecule has 1 unspecified atom stereocenters. The van der Waals surface area contributed by atoms with E-state index < -0.39 is 5.54 Å². The second-order valence-electron chi connectivity index (χ2n) is 5.96. The van der Waals surface area contributed by atoms with E-state index >= 15 is 0 Å². The minimum Gasteiger partial charge on any atom is -0.368 e. The fourth-order valence-corrected chi connectivity index (χ4v) is 2.83. The number of hydrogen-bond acceptors (Lipinski definition) is 4. The van der Waals surface area contributed by atoms with E-state index in [0.29, 0.717) is 0 Å². The number of hydrogen-bond donors (Lipinski definition) is 2. The summed E-state index contributed by atoms with van der Waals surface area (Å²) >= 11 is 0. The molecular weight excluding hydrogens is 252 g/mol. The van der Waals surface area contributed by atoms with Gasteiger partial charge in [0.2, 0.25) is 5.91 Å². The van der Waals surface area contributed by atoms with Crippen LogP contribution in [-0.4, -0.2) is 67.1 Å². The molecule has 5 nitrogen and oxygen atoms in total. The maximum Gasteiger partial charge on any atom is 0.237 e. The predicted octanol–water partition coefficient (Wildman–Crippen LogP) is 0.648. The van der Waals surface area contributed by atoms with Crippen LogP contribution in [0.3, 0.4) is 0 Å². The van der Waals surface area contributed by atoms with Gasteiger partial charge in [0.15, 0.2) is 0 Å². The Bertz CT molecular complexity index is 290. The molecule has 0 aromatic rings. The highest BCUT2D eigenvalue weighted by molar-refractivity contribution is 5.84. The Morgan fingerprint density at radius 3 is 2.25 bits per heavy atom. The molecule has 0 aromatic carbocycles. The second kappa shape index (κ2) is 8.60. The number of rotatable bonds is 9. The van der Waals surface area contributed by atoms with E-state index in [1.807, 2.05) is 13.8 Å². The Morgan fingerprint density at radius 1 is 1.15 bits per heavy atom. The van der Waals surface area contributed by atoms with E-state index in [1.54, 1.807) is 0 Å². The molecule has 1 aliphatic rings. The first-order valence-corrected chi connectivity index (χ1v) is 8.01. The first-order chi connectivity index (χ1) is 9.51. The molecule has 1 amide bonds. The Labute approximate surface area is 123 Å². The van der Waals surface area contributed by atoms with Gasteiger partial charge in [0.1, 0.15) is 0 Å². The largest absolute Gasteiger partial charge is 0.368 e. The average Bonchev–Trinajstić information content (AvgIpc) is 2.44. The lowest BCUT2D eigenvalue weighted by molar-refractivity contribution is -0.124. The molecule has 3 N–H and O–H groups in total. The number of unbranched alkanes of at least 4 members (excludes halogenated alkanes) is 1. The van der Waals surface area contributed by atoms with E-state index in [9.17, 15) is 4.79 Å². The van der Waals surface area contributed by atoms with Crippen molar-refractivity contribution >= 4 is 5.91 Å². The SMILES string of the molecule is CCNC(C)(CCCCN1CCN(CC)CC1)C(N)=O. The number of carbonyl (C=O) groups excluding carboxylic acids is 1. The number of nitrogens with one attached hydrogen (secondary N) is 1. The van der Waals surface area contributed by atoms with Crippen molar-refractivity contribution in [2.45, 2.75) is 45.6 Å². The molecule has 1 rings (SSSR count). The normalized spacial score (nSPS) is 20.8. The van der Waals surface area contributed by atoms with Gasteiger partial charge in [-0.15, -0.1) is 0 Å². The van der Waals surface area contributed by atoms with Crippen molar-refractivity contribution < 1.29 is 4.79 Å². The summed E-state index contributed by atoms with van der Waals surface area (Å²) in [7, 11) is 0. The van der Waals surface area contributed by atoms with Crippen LogP contribution in [0, 0.1) is 0 Å². The van der Waals surface area contributed by atoms with Crippen molar-refractivity contribution in [1.82, 2.24) is 15.1 Å². The highest BCUT2D eigenvalue weighted by atomic mass is 16.1. The van der Waals surface area contributed by atoms with Crippen LogP contribution >= 0.6 is 0 Å².